The summed E-state index contributed by atoms with van der Waals surface area (Å²) in [6.07, 6.45) is -3.63. The quantitative estimate of drug-likeness (QED) is 0.712. The van der Waals surface area contributed by atoms with Gasteiger partial charge in [-0.25, -0.2) is 0 Å². The third kappa shape index (κ3) is 1.74. The average Bonchev–Trinajstić information content (AvgIpc) is 2.49. The Morgan fingerprint density at radius 1 is 1.33 bits per heavy atom. The van der Waals surface area contributed by atoms with Gasteiger partial charge < -0.3 is 9.47 Å². The van der Waals surface area contributed by atoms with E-state index in [4.69, 9.17) is 0 Å². The van der Waals surface area contributed by atoms with Crippen LogP contribution in [-0.4, -0.2) is 6.29 Å². The summed E-state index contributed by atoms with van der Waals surface area (Å²) in [5.74, 6) is -0.116. The molecule has 0 saturated heterocycles. The molecule has 0 radical (unpaired) electrons. The van der Waals surface area contributed by atoms with Crippen molar-refractivity contribution in [2.24, 2.45) is 5.18 Å². The van der Waals surface area contributed by atoms with Gasteiger partial charge in [-0.3, -0.25) is 0 Å². The van der Waals surface area contributed by atoms with E-state index < -0.39 is 12.3 Å². The smallest absolute Gasteiger partial charge is 0.395 e. The minimum absolute atomic E-state index is 0.0400. The Balaban J connectivity index is 2.34. The van der Waals surface area contributed by atoms with Crippen LogP contribution in [0.5, 0.6) is 11.5 Å². The third-order valence-electron chi connectivity index (χ3n) is 2.07. The molecule has 0 bridgehead atoms. The van der Waals surface area contributed by atoms with E-state index in [-0.39, 0.29) is 11.5 Å². The van der Waals surface area contributed by atoms with Crippen LogP contribution in [0.15, 0.2) is 23.4 Å². The number of nitrogens with zero attached hydrogens (tertiary/aromatic N) is 1. The molecule has 1 atom stereocenters. The topological polar surface area (TPSA) is 47.9 Å². The maximum Gasteiger partial charge on any atom is 0.586 e. The third-order valence-corrected chi connectivity index (χ3v) is 2.07. The van der Waals surface area contributed by atoms with Gasteiger partial charge in [0.05, 0.1) is 0 Å². The number of fused-ring (bicyclic) bond motifs is 1. The SMILES string of the molecule is CC(N=O)c1ccc2c(c1)OC(F)(F)O2. The van der Waals surface area contributed by atoms with Crippen molar-refractivity contribution in [3.63, 3.8) is 0 Å². The van der Waals surface area contributed by atoms with Crippen LogP contribution in [-0.2, 0) is 0 Å². The summed E-state index contributed by atoms with van der Waals surface area (Å²) in [4.78, 5) is 10.3. The molecule has 0 aliphatic carbocycles. The monoisotopic (exact) mass is 215 g/mol. The van der Waals surface area contributed by atoms with Crippen LogP contribution in [0.1, 0.15) is 18.5 Å². The second-order valence-electron chi connectivity index (χ2n) is 3.16. The van der Waals surface area contributed by atoms with Crippen molar-refractivity contribution in [2.75, 3.05) is 0 Å². The molecule has 15 heavy (non-hydrogen) atoms. The number of alkyl halides is 2. The van der Waals surface area contributed by atoms with Gasteiger partial charge in [0, 0.05) is 0 Å². The molecule has 1 heterocycles. The second-order valence-corrected chi connectivity index (χ2v) is 3.16. The van der Waals surface area contributed by atoms with E-state index in [0.717, 1.165) is 0 Å². The van der Waals surface area contributed by atoms with E-state index in [0.29, 0.717) is 5.56 Å². The van der Waals surface area contributed by atoms with Crippen LogP contribution in [0.3, 0.4) is 0 Å². The maximum absolute atomic E-state index is 12.6. The lowest BCUT2D eigenvalue weighted by Gasteiger charge is -2.04. The molecule has 0 fully saturated rings. The molecule has 1 aromatic rings. The maximum atomic E-state index is 12.6. The van der Waals surface area contributed by atoms with Crippen LogP contribution >= 0.6 is 0 Å². The van der Waals surface area contributed by atoms with E-state index in [1.807, 2.05) is 0 Å². The zero-order valence-electron chi connectivity index (χ0n) is 7.74. The predicted octanol–water partition coefficient (Wildman–Crippen LogP) is 2.84. The van der Waals surface area contributed by atoms with E-state index in [9.17, 15) is 13.7 Å². The minimum Gasteiger partial charge on any atom is -0.395 e. The lowest BCUT2D eigenvalue weighted by molar-refractivity contribution is -0.286. The minimum atomic E-state index is -3.63. The molecule has 0 amide bonds. The van der Waals surface area contributed by atoms with E-state index >= 15 is 0 Å². The predicted molar refractivity (Wildman–Crippen MR) is 46.9 cm³/mol. The zero-order valence-corrected chi connectivity index (χ0v) is 7.74. The van der Waals surface area contributed by atoms with Gasteiger partial charge in [-0.15, -0.1) is 8.78 Å². The normalized spacial score (nSPS) is 18.6. The molecule has 80 valence electrons. The standard InChI is InChI=1S/C9H7F2NO3/c1-5(12-13)6-2-3-7-8(4-6)15-9(10,11)14-7/h2-5H,1H3. The van der Waals surface area contributed by atoms with Crippen LogP contribution in [0, 0.1) is 4.91 Å². The molecular weight excluding hydrogens is 208 g/mol. The average molecular weight is 215 g/mol. The summed E-state index contributed by atoms with van der Waals surface area (Å²) in [6, 6.07) is 3.54. The molecule has 0 aromatic heterocycles. The number of halogens is 2. The van der Waals surface area contributed by atoms with Crippen molar-refractivity contribution < 1.29 is 18.3 Å². The highest BCUT2D eigenvalue weighted by molar-refractivity contribution is 5.45. The van der Waals surface area contributed by atoms with Gasteiger partial charge in [-0.2, -0.15) is 4.91 Å². The Morgan fingerprint density at radius 2 is 2.00 bits per heavy atom. The molecule has 0 N–H and O–H groups in total. The highest BCUT2D eigenvalue weighted by Gasteiger charge is 2.43. The lowest BCUT2D eigenvalue weighted by atomic mass is 10.1. The van der Waals surface area contributed by atoms with Gasteiger partial charge >= 0.3 is 6.29 Å². The first-order valence-corrected chi connectivity index (χ1v) is 4.24. The summed E-state index contributed by atoms with van der Waals surface area (Å²) in [6.45, 7) is 1.56. The van der Waals surface area contributed by atoms with Crippen molar-refractivity contribution in [2.45, 2.75) is 19.3 Å². The first-order chi connectivity index (χ1) is 7.02. The van der Waals surface area contributed by atoms with Crippen molar-refractivity contribution in [1.82, 2.24) is 0 Å². The first kappa shape index (κ1) is 9.82. The fourth-order valence-corrected chi connectivity index (χ4v) is 1.29. The molecule has 2 rings (SSSR count). The number of rotatable bonds is 2. The Kier molecular flexibility index (Phi) is 2.06. The van der Waals surface area contributed by atoms with Crippen molar-refractivity contribution in [1.29, 1.82) is 0 Å². The first-order valence-electron chi connectivity index (χ1n) is 4.24. The fourth-order valence-electron chi connectivity index (χ4n) is 1.29. The van der Waals surface area contributed by atoms with Crippen LogP contribution in [0.2, 0.25) is 0 Å². The highest BCUT2D eigenvalue weighted by Crippen LogP contribution is 2.42. The van der Waals surface area contributed by atoms with Crippen molar-refractivity contribution >= 4 is 0 Å². The Bertz CT molecular complexity index is 408. The summed E-state index contributed by atoms with van der Waals surface area (Å²) in [5, 5.41) is 2.79. The van der Waals surface area contributed by atoms with Crippen LogP contribution < -0.4 is 9.47 Å². The second kappa shape index (κ2) is 3.15. The number of ether oxygens (including phenoxy) is 2. The summed E-state index contributed by atoms with van der Waals surface area (Å²) < 4.78 is 33.7. The van der Waals surface area contributed by atoms with E-state index in [2.05, 4.69) is 14.7 Å². The summed E-state index contributed by atoms with van der Waals surface area (Å²) >= 11 is 0. The largest absolute Gasteiger partial charge is 0.586 e. The fraction of sp³-hybridized carbons (Fsp3) is 0.333. The summed E-state index contributed by atoms with van der Waals surface area (Å²) in [7, 11) is 0. The molecule has 6 heteroatoms. The Morgan fingerprint density at radius 3 is 2.67 bits per heavy atom. The highest BCUT2D eigenvalue weighted by atomic mass is 19.3. The lowest BCUT2D eigenvalue weighted by Crippen LogP contribution is -2.25. The molecule has 1 aliphatic heterocycles. The van der Waals surface area contributed by atoms with Gasteiger partial charge in [-0.1, -0.05) is 11.2 Å². The van der Waals surface area contributed by atoms with Gasteiger partial charge in [-0.05, 0) is 24.6 Å². The van der Waals surface area contributed by atoms with Gasteiger partial charge in [0.1, 0.15) is 6.04 Å². The molecule has 4 nitrogen and oxygen atoms in total. The Hall–Kier alpha value is -1.72. The van der Waals surface area contributed by atoms with Crippen molar-refractivity contribution in [3.8, 4) is 11.5 Å². The molecule has 1 aromatic carbocycles. The molecule has 0 saturated carbocycles. The molecule has 1 unspecified atom stereocenters. The van der Waals surface area contributed by atoms with Crippen LogP contribution in [0.25, 0.3) is 0 Å². The number of nitroso groups, excluding NO2 is 1. The molecular formula is C9H7F2NO3. The van der Waals surface area contributed by atoms with Gasteiger partial charge in [0.25, 0.3) is 0 Å². The van der Waals surface area contributed by atoms with Crippen LogP contribution in [0.4, 0.5) is 8.78 Å². The van der Waals surface area contributed by atoms with Crippen molar-refractivity contribution in [3.05, 3.63) is 28.7 Å². The Labute approximate surface area is 83.8 Å². The number of benzene rings is 1. The van der Waals surface area contributed by atoms with Gasteiger partial charge in [0.2, 0.25) is 0 Å². The van der Waals surface area contributed by atoms with Gasteiger partial charge in [0.15, 0.2) is 11.5 Å². The number of hydrogen-bond donors (Lipinski definition) is 0. The number of hydrogen-bond acceptors (Lipinski definition) is 4. The van der Waals surface area contributed by atoms with E-state index in [1.54, 1.807) is 6.92 Å². The molecule has 1 aliphatic rings. The molecule has 0 spiro atoms. The van der Waals surface area contributed by atoms with E-state index in [1.165, 1.54) is 18.2 Å². The summed E-state index contributed by atoms with van der Waals surface area (Å²) in [5.41, 5.74) is 0.505. The zero-order chi connectivity index (χ0) is 11.1.